The molecular weight excluding hydrogens is 280 g/mol. The van der Waals surface area contributed by atoms with Crippen LogP contribution in [-0.2, 0) is 14.8 Å². The van der Waals surface area contributed by atoms with E-state index in [0.717, 1.165) is 18.9 Å². The minimum absolute atomic E-state index is 0.00298. The second-order valence-corrected chi connectivity index (χ2v) is 6.47. The topological polar surface area (TPSA) is 96.4 Å². The van der Waals surface area contributed by atoms with Crippen molar-refractivity contribution >= 4 is 22.1 Å². The maximum Gasteiger partial charge on any atom is 0.328 e. The maximum atomic E-state index is 12.1. The summed E-state index contributed by atoms with van der Waals surface area (Å²) in [5, 5.41) is 8.55. The van der Waals surface area contributed by atoms with Gasteiger partial charge >= 0.3 is 5.97 Å². The molecule has 108 valence electrons. The standard InChI is InChI=1S/C13H16N2O4S/c1-2-10-6-12(10)15-20(18,19)11-5-9(7-14-8-11)3-4-13(16)17/h3-5,7-8,10,12,15H,2,6H2,1H3,(H,16,17)/b4-3+. The fourth-order valence-electron chi connectivity index (χ4n) is 1.95. The minimum Gasteiger partial charge on any atom is -0.478 e. The normalized spacial score (nSPS) is 22.1. The van der Waals surface area contributed by atoms with Crippen molar-refractivity contribution in [1.29, 1.82) is 0 Å². The Kier molecular flexibility index (Phi) is 4.20. The van der Waals surface area contributed by atoms with Gasteiger partial charge in [0.25, 0.3) is 0 Å². The summed E-state index contributed by atoms with van der Waals surface area (Å²) in [7, 11) is -3.59. The largest absolute Gasteiger partial charge is 0.478 e. The van der Waals surface area contributed by atoms with Gasteiger partial charge in [0, 0.05) is 24.5 Å². The smallest absolute Gasteiger partial charge is 0.328 e. The fourth-order valence-corrected chi connectivity index (χ4v) is 3.27. The Morgan fingerprint density at radius 2 is 2.30 bits per heavy atom. The molecule has 2 N–H and O–H groups in total. The van der Waals surface area contributed by atoms with E-state index in [1.807, 2.05) is 6.92 Å². The van der Waals surface area contributed by atoms with Crippen molar-refractivity contribution in [2.75, 3.05) is 0 Å². The first-order valence-corrected chi connectivity index (χ1v) is 7.79. The average molecular weight is 296 g/mol. The SMILES string of the molecule is CCC1CC1NS(=O)(=O)c1cncc(/C=C/C(=O)O)c1. The van der Waals surface area contributed by atoms with Crippen molar-refractivity contribution < 1.29 is 18.3 Å². The number of carboxylic acids is 1. The number of rotatable bonds is 6. The molecule has 1 aromatic rings. The first-order valence-electron chi connectivity index (χ1n) is 6.30. The van der Waals surface area contributed by atoms with E-state index in [9.17, 15) is 13.2 Å². The quantitative estimate of drug-likeness (QED) is 0.770. The average Bonchev–Trinajstić information content (AvgIpc) is 3.14. The van der Waals surface area contributed by atoms with Gasteiger partial charge < -0.3 is 5.11 Å². The van der Waals surface area contributed by atoms with Crippen molar-refractivity contribution in [3.8, 4) is 0 Å². The molecule has 1 aliphatic rings. The predicted octanol–water partition coefficient (Wildman–Crippen LogP) is 1.26. The number of carbonyl (C=O) groups is 1. The summed E-state index contributed by atoms with van der Waals surface area (Å²) in [5.41, 5.74) is 0.429. The molecule has 1 saturated carbocycles. The molecule has 20 heavy (non-hydrogen) atoms. The predicted molar refractivity (Wildman–Crippen MR) is 73.4 cm³/mol. The first kappa shape index (κ1) is 14.7. The van der Waals surface area contributed by atoms with Crippen LogP contribution in [0.3, 0.4) is 0 Å². The Balaban J connectivity index is 2.15. The summed E-state index contributed by atoms with van der Waals surface area (Å²) < 4.78 is 26.9. The number of hydrogen-bond acceptors (Lipinski definition) is 4. The lowest BCUT2D eigenvalue weighted by Gasteiger charge is -2.06. The van der Waals surface area contributed by atoms with Crippen LogP contribution in [0.5, 0.6) is 0 Å². The highest BCUT2D eigenvalue weighted by atomic mass is 32.2. The lowest BCUT2D eigenvalue weighted by atomic mass is 10.2. The number of nitrogens with one attached hydrogen (secondary N) is 1. The molecule has 0 aromatic carbocycles. The Hall–Kier alpha value is -1.73. The molecule has 0 aliphatic heterocycles. The molecule has 2 atom stereocenters. The van der Waals surface area contributed by atoms with Gasteiger partial charge in [0.05, 0.1) is 0 Å². The van der Waals surface area contributed by atoms with Crippen LogP contribution in [0.4, 0.5) is 0 Å². The van der Waals surface area contributed by atoms with Crippen LogP contribution in [0.1, 0.15) is 25.3 Å². The highest BCUT2D eigenvalue weighted by Crippen LogP contribution is 2.34. The molecule has 0 radical (unpaired) electrons. The van der Waals surface area contributed by atoms with Crippen LogP contribution in [0.2, 0.25) is 0 Å². The number of aliphatic carboxylic acids is 1. The van der Waals surface area contributed by atoms with Crippen molar-refractivity contribution in [2.24, 2.45) is 5.92 Å². The van der Waals surface area contributed by atoms with E-state index in [0.29, 0.717) is 11.5 Å². The summed E-state index contributed by atoms with van der Waals surface area (Å²) in [6, 6.07) is 1.40. The Morgan fingerprint density at radius 3 is 2.90 bits per heavy atom. The fraction of sp³-hybridized carbons (Fsp3) is 0.385. The molecule has 2 unspecified atom stereocenters. The summed E-state index contributed by atoms with van der Waals surface area (Å²) in [6.45, 7) is 2.03. The zero-order chi connectivity index (χ0) is 14.8. The summed E-state index contributed by atoms with van der Waals surface area (Å²) >= 11 is 0. The highest BCUT2D eigenvalue weighted by molar-refractivity contribution is 7.89. The molecule has 1 aliphatic carbocycles. The Morgan fingerprint density at radius 1 is 1.55 bits per heavy atom. The van der Waals surface area contributed by atoms with E-state index >= 15 is 0 Å². The molecule has 0 spiro atoms. The second-order valence-electron chi connectivity index (χ2n) is 4.76. The van der Waals surface area contributed by atoms with Gasteiger partial charge in [0.15, 0.2) is 0 Å². The van der Waals surface area contributed by atoms with Crippen LogP contribution in [0.15, 0.2) is 29.4 Å². The van der Waals surface area contributed by atoms with E-state index in [1.165, 1.54) is 24.5 Å². The first-order chi connectivity index (χ1) is 9.42. The zero-order valence-corrected chi connectivity index (χ0v) is 11.8. The third-order valence-electron chi connectivity index (χ3n) is 3.22. The molecule has 0 bridgehead atoms. The van der Waals surface area contributed by atoms with Crippen LogP contribution in [-0.4, -0.2) is 30.5 Å². The minimum atomic E-state index is -3.59. The summed E-state index contributed by atoms with van der Waals surface area (Å²) in [4.78, 5) is 14.3. The summed E-state index contributed by atoms with van der Waals surface area (Å²) in [6.07, 6.45) is 6.72. The van der Waals surface area contributed by atoms with Crippen LogP contribution < -0.4 is 4.72 Å². The molecule has 1 heterocycles. The van der Waals surface area contributed by atoms with Crippen LogP contribution in [0, 0.1) is 5.92 Å². The number of pyridine rings is 1. The van der Waals surface area contributed by atoms with Gasteiger partial charge in [-0.1, -0.05) is 13.3 Å². The molecule has 6 nitrogen and oxygen atoms in total. The van der Waals surface area contributed by atoms with Gasteiger partial charge in [-0.15, -0.1) is 0 Å². The lowest BCUT2D eigenvalue weighted by Crippen LogP contribution is -2.27. The van der Waals surface area contributed by atoms with E-state index in [-0.39, 0.29) is 10.9 Å². The van der Waals surface area contributed by atoms with Gasteiger partial charge in [-0.25, -0.2) is 17.9 Å². The summed E-state index contributed by atoms with van der Waals surface area (Å²) in [5.74, 6) is -0.687. The number of sulfonamides is 1. The van der Waals surface area contributed by atoms with Crippen LogP contribution >= 0.6 is 0 Å². The number of carboxylic acid groups (broad SMARTS) is 1. The number of hydrogen-bond donors (Lipinski definition) is 2. The van der Waals surface area contributed by atoms with Gasteiger partial charge in [0.2, 0.25) is 10.0 Å². The molecule has 0 amide bonds. The Bertz CT molecular complexity index is 640. The van der Waals surface area contributed by atoms with Crippen LogP contribution in [0.25, 0.3) is 6.08 Å². The highest BCUT2D eigenvalue weighted by Gasteiger charge is 2.38. The number of aromatic nitrogens is 1. The third kappa shape index (κ3) is 3.64. The molecule has 0 saturated heterocycles. The zero-order valence-electron chi connectivity index (χ0n) is 11.0. The van der Waals surface area contributed by atoms with Crippen molar-refractivity contribution in [3.63, 3.8) is 0 Å². The monoisotopic (exact) mass is 296 g/mol. The van der Waals surface area contributed by atoms with E-state index < -0.39 is 16.0 Å². The maximum absolute atomic E-state index is 12.1. The molecule has 7 heteroatoms. The third-order valence-corrected chi connectivity index (χ3v) is 4.67. The Labute approximate surface area is 117 Å². The van der Waals surface area contributed by atoms with Gasteiger partial charge in [0.1, 0.15) is 4.90 Å². The van der Waals surface area contributed by atoms with E-state index in [4.69, 9.17) is 5.11 Å². The van der Waals surface area contributed by atoms with Crippen molar-refractivity contribution in [1.82, 2.24) is 9.71 Å². The van der Waals surface area contributed by atoms with Crippen molar-refractivity contribution in [3.05, 3.63) is 30.1 Å². The van der Waals surface area contributed by atoms with Gasteiger partial charge in [-0.05, 0) is 30.0 Å². The number of nitrogens with zero attached hydrogens (tertiary/aromatic N) is 1. The molecule has 1 fully saturated rings. The van der Waals surface area contributed by atoms with Gasteiger partial charge in [-0.3, -0.25) is 4.98 Å². The van der Waals surface area contributed by atoms with Crippen molar-refractivity contribution in [2.45, 2.75) is 30.7 Å². The van der Waals surface area contributed by atoms with Gasteiger partial charge in [-0.2, -0.15) is 0 Å². The molecule has 1 aromatic heterocycles. The lowest BCUT2D eigenvalue weighted by molar-refractivity contribution is -0.131. The second kappa shape index (κ2) is 5.72. The molecular formula is C13H16N2O4S. The van der Waals surface area contributed by atoms with E-state index in [1.54, 1.807) is 0 Å². The molecule has 2 rings (SSSR count). The van der Waals surface area contributed by atoms with E-state index in [2.05, 4.69) is 9.71 Å².